The monoisotopic (exact) mass is 308 g/mol. The van der Waals surface area contributed by atoms with Crippen molar-refractivity contribution < 1.29 is 9.90 Å². The Morgan fingerprint density at radius 1 is 1.38 bits per heavy atom. The number of rotatable bonds is 5. The Labute approximate surface area is 126 Å². The van der Waals surface area contributed by atoms with E-state index in [4.69, 9.17) is 0 Å². The van der Waals surface area contributed by atoms with E-state index in [0.717, 1.165) is 0 Å². The maximum atomic E-state index is 11.4. The molecule has 9 heteroatoms. The van der Waals surface area contributed by atoms with Crippen molar-refractivity contribution in [2.24, 2.45) is 7.05 Å². The molecule has 0 spiro atoms. The van der Waals surface area contributed by atoms with Gasteiger partial charge >= 0.3 is 5.97 Å². The van der Waals surface area contributed by atoms with E-state index in [1.807, 2.05) is 13.8 Å². The molecule has 0 atom stereocenters. The maximum absolute atomic E-state index is 11.4. The third-order valence-corrected chi connectivity index (χ3v) is 3.66. The fourth-order valence-electron chi connectivity index (χ4n) is 1.69. The molecule has 0 saturated heterocycles. The predicted molar refractivity (Wildman–Crippen MR) is 76.2 cm³/mol. The highest BCUT2D eigenvalue weighted by Gasteiger charge is 2.20. The SMILES string of the molecule is Cc1nc(C(C)C)nc(SCc2nnn(C)n2)c1C(=O)O. The molecule has 0 aliphatic carbocycles. The Morgan fingerprint density at radius 3 is 2.62 bits per heavy atom. The van der Waals surface area contributed by atoms with Crippen molar-refractivity contribution in [1.82, 2.24) is 30.2 Å². The normalized spacial score (nSPS) is 11.1. The van der Waals surface area contributed by atoms with Crippen molar-refractivity contribution >= 4 is 17.7 Å². The molecule has 8 nitrogen and oxygen atoms in total. The summed E-state index contributed by atoms with van der Waals surface area (Å²) in [6.45, 7) is 5.61. The molecule has 0 aromatic carbocycles. The van der Waals surface area contributed by atoms with E-state index < -0.39 is 5.97 Å². The van der Waals surface area contributed by atoms with Crippen molar-refractivity contribution in [1.29, 1.82) is 0 Å². The molecule has 0 saturated carbocycles. The molecule has 2 heterocycles. The molecule has 0 bridgehead atoms. The van der Waals surface area contributed by atoms with Crippen LogP contribution in [0, 0.1) is 6.92 Å². The first-order valence-electron chi connectivity index (χ1n) is 6.36. The highest BCUT2D eigenvalue weighted by atomic mass is 32.2. The summed E-state index contributed by atoms with van der Waals surface area (Å²) in [6, 6.07) is 0. The van der Waals surface area contributed by atoms with Crippen molar-refractivity contribution in [2.75, 3.05) is 0 Å². The number of aromatic nitrogens is 6. The predicted octanol–water partition coefficient (Wildman–Crippen LogP) is 1.42. The number of hydrogen-bond donors (Lipinski definition) is 1. The number of nitrogens with zero attached hydrogens (tertiary/aromatic N) is 6. The minimum Gasteiger partial charge on any atom is -0.478 e. The first kappa shape index (κ1) is 15.4. The van der Waals surface area contributed by atoms with Crippen LogP contribution in [-0.4, -0.2) is 41.3 Å². The third kappa shape index (κ3) is 3.54. The van der Waals surface area contributed by atoms with Gasteiger partial charge in [0.1, 0.15) is 16.4 Å². The summed E-state index contributed by atoms with van der Waals surface area (Å²) in [4.78, 5) is 21.4. The standard InChI is InChI=1S/C12H16N6O2S/c1-6(2)10-13-7(3)9(12(19)20)11(14-10)21-5-8-15-17-18(4)16-8/h6H,5H2,1-4H3,(H,19,20). The zero-order chi connectivity index (χ0) is 15.6. The Bertz CT molecular complexity index is 670. The molecule has 2 aromatic rings. The first-order valence-corrected chi connectivity index (χ1v) is 7.34. The van der Waals surface area contributed by atoms with Gasteiger partial charge in [-0.1, -0.05) is 25.6 Å². The van der Waals surface area contributed by atoms with Crippen molar-refractivity contribution in [3.05, 3.63) is 22.9 Å². The summed E-state index contributed by atoms with van der Waals surface area (Å²) in [6.07, 6.45) is 0. The molecular weight excluding hydrogens is 292 g/mol. The van der Waals surface area contributed by atoms with Crippen LogP contribution in [0.15, 0.2) is 5.03 Å². The fraction of sp³-hybridized carbons (Fsp3) is 0.500. The van der Waals surface area contributed by atoms with Crippen LogP contribution >= 0.6 is 11.8 Å². The van der Waals surface area contributed by atoms with Crippen LogP contribution in [0.4, 0.5) is 0 Å². The second-order valence-electron chi connectivity index (χ2n) is 4.79. The molecule has 0 unspecified atom stereocenters. The molecule has 0 aliphatic heterocycles. The Kier molecular flexibility index (Phi) is 4.51. The van der Waals surface area contributed by atoms with Gasteiger partial charge < -0.3 is 5.11 Å². The summed E-state index contributed by atoms with van der Waals surface area (Å²) >= 11 is 1.28. The highest BCUT2D eigenvalue weighted by Crippen LogP contribution is 2.26. The second kappa shape index (κ2) is 6.17. The van der Waals surface area contributed by atoms with Crippen molar-refractivity contribution in [2.45, 2.75) is 37.5 Å². The van der Waals surface area contributed by atoms with E-state index in [1.54, 1.807) is 14.0 Å². The van der Waals surface area contributed by atoms with Gasteiger partial charge in [-0.3, -0.25) is 0 Å². The van der Waals surface area contributed by atoms with Crippen LogP contribution in [0.3, 0.4) is 0 Å². The van der Waals surface area contributed by atoms with E-state index in [2.05, 4.69) is 25.4 Å². The summed E-state index contributed by atoms with van der Waals surface area (Å²) in [5.41, 5.74) is 0.601. The number of tetrazole rings is 1. The summed E-state index contributed by atoms with van der Waals surface area (Å²) in [5.74, 6) is 0.661. The van der Waals surface area contributed by atoms with E-state index >= 15 is 0 Å². The molecular formula is C12H16N6O2S. The van der Waals surface area contributed by atoms with Crippen LogP contribution in [0.25, 0.3) is 0 Å². The number of hydrogen-bond acceptors (Lipinski definition) is 7. The second-order valence-corrected chi connectivity index (χ2v) is 5.76. The van der Waals surface area contributed by atoms with E-state index in [1.165, 1.54) is 16.6 Å². The molecule has 1 N–H and O–H groups in total. The molecule has 0 fully saturated rings. The van der Waals surface area contributed by atoms with Crippen LogP contribution < -0.4 is 0 Å². The number of aromatic carboxylic acids is 1. The lowest BCUT2D eigenvalue weighted by Gasteiger charge is -2.11. The highest BCUT2D eigenvalue weighted by molar-refractivity contribution is 7.98. The minimum atomic E-state index is -1.03. The average molecular weight is 308 g/mol. The van der Waals surface area contributed by atoms with Gasteiger partial charge in [0.2, 0.25) is 0 Å². The zero-order valence-electron chi connectivity index (χ0n) is 12.2. The van der Waals surface area contributed by atoms with Gasteiger partial charge in [0.25, 0.3) is 0 Å². The summed E-state index contributed by atoms with van der Waals surface area (Å²) < 4.78 is 0. The first-order chi connectivity index (χ1) is 9.88. The van der Waals surface area contributed by atoms with Crippen molar-refractivity contribution in [3.8, 4) is 0 Å². The molecule has 0 radical (unpaired) electrons. The Morgan fingerprint density at radius 2 is 2.10 bits per heavy atom. The van der Waals surface area contributed by atoms with Gasteiger partial charge in [-0.15, -0.1) is 10.2 Å². The smallest absolute Gasteiger partial charge is 0.340 e. The largest absolute Gasteiger partial charge is 0.478 e. The molecule has 2 aromatic heterocycles. The van der Waals surface area contributed by atoms with Crippen LogP contribution in [0.2, 0.25) is 0 Å². The van der Waals surface area contributed by atoms with Gasteiger partial charge in [0, 0.05) is 5.92 Å². The summed E-state index contributed by atoms with van der Waals surface area (Å²) in [7, 11) is 1.68. The number of carbonyl (C=O) groups is 1. The average Bonchev–Trinajstić information content (AvgIpc) is 2.80. The van der Waals surface area contributed by atoms with E-state index in [9.17, 15) is 9.90 Å². The molecule has 21 heavy (non-hydrogen) atoms. The molecule has 2 rings (SSSR count). The Balaban J connectivity index is 2.32. The lowest BCUT2D eigenvalue weighted by Crippen LogP contribution is -2.10. The quantitative estimate of drug-likeness (QED) is 0.653. The van der Waals surface area contributed by atoms with E-state index in [-0.39, 0.29) is 11.5 Å². The molecule has 0 amide bonds. The molecule has 0 aliphatic rings. The zero-order valence-corrected chi connectivity index (χ0v) is 13.0. The minimum absolute atomic E-state index is 0.125. The van der Waals surface area contributed by atoms with Crippen LogP contribution in [0.1, 0.15) is 47.5 Å². The lowest BCUT2D eigenvalue weighted by atomic mass is 10.2. The van der Waals surface area contributed by atoms with Crippen molar-refractivity contribution in [3.63, 3.8) is 0 Å². The van der Waals surface area contributed by atoms with Gasteiger partial charge in [-0.2, -0.15) is 4.80 Å². The van der Waals surface area contributed by atoms with Gasteiger partial charge in [-0.25, -0.2) is 14.8 Å². The topological polar surface area (TPSA) is 107 Å². The number of thioether (sulfide) groups is 1. The van der Waals surface area contributed by atoms with Gasteiger partial charge in [0.15, 0.2) is 5.82 Å². The lowest BCUT2D eigenvalue weighted by molar-refractivity contribution is 0.0690. The maximum Gasteiger partial charge on any atom is 0.340 e. The number of aryl methyl sites for hydroxylation is 2. The summed E-state index contributed by atoms with van der Waals surface area (Å²) in [5, 5.41) is 21.5. The van der Waals surface area contributed by atoms with E-state index in [0.29, 0.717) is 28.1 Å². The molecule has 112 valence electrons. The number of carboxylic acids is 1. The van der Waals surface area contributed by atoms with Crippen LogP contribution in [-0.2, 0) is 12.8 Å². The third-order valence-electron chi connectivity index (χ3n) is 2.69. The van der Waals surface area contributed by atoms with Gasteiger partial charge in [0.05, 0.1) is 18.5 Å². The van der Waals surface area contributed by atoms with Gasteiger partial charge in [-0.05, 0) is 12.1 Å². The fourth-order valence-corrected chi connectivity index (χ4v) is 2.61. The number of carboxylic acid groups (broad SMARTS) is 1. The Hall–Kier alpha value is -2.03. The van der Waals surface area contributed by atoms with Crippen LogP contribution in [0.5, 0.6) is 0 Å².